The number of hydrogen-bond donors (Lipinski definition) is 2. The summed E-state index contributed by atoms with van der Waals surface area (Å²) in [6, 6.07) is 0.678. The van der Waals surface area contributed by atoms with Crippen LogP contribution >= 0.6 is 24.0 Å². The third-order valence-electron chi connectivity index (χ3n) is 4.79. The Morgan fingerprint density at radius 1 is 1.16 bits per heavy atom. The van der Waals surface area contributed by atoms with Gasteiger partial charge in [-0.05, 0) is 39.3 Å². The van der Waals surface area contributed by atoms with Crippen LogP contribution in [0.5, 0.6) is 0 Å². The van der Waals surface area contributed by atoms with Crippen molar-refractivity contribution in [2.75, 3.05) is 45.8 Å². The molecule has 1 unspecified atom stereocenters. The van der Waals surface area contributed by atoms with Gasteiger partial charge in [0.1, 0.15) is 0 Å². The lowest BCUT2D eigenvalue weighted by Gasteiger charge is -2.25. The van der Waals surface area contributed by atoms with Gasteiger partial charge in [-0.15, -0.1) is 24.0 Å². The summed E-state index contributed by atoms with van der Waals surface area (Å²) in [5.41, 5.74) is -0.341. The van der Waals surface area contributed by atoms with Crippen LogP contribution in [0.2, 0.25) is 0 Å². The van der Waals surface area contributed by atoms with Crippen LogP contribution in [0.25, 0.3) is 0 Å². The highest BCUT2D eigenvalue weighted by atomic mass is 127. The molecule has 1 atom stereocenters. The number of aliphatic imine (C=N–C) groups is 1. The number of guanidine groups is 1. The minimum absolute atomic E-state index is 0. The molecule has 2 aliphatic heterocycles. The highest BCUT2D eigenvalue weighted by molar-refractivity contribution is 14.0. The first kappa shape index (κ1) is 22.5. The largest absolute Gasteiger partial charge is 0.357 e. The molecule has 0 spiro atoms. The molecule has 0 saturated carbocycles. The van der Waals surface area contributed by atoms with Gasteiger partial charge in [-0.2, -0.15) is 0 Å². The van der Waals surface area contributed by atoms with E-state index in [1.165, 1.54) is 32.4 Å². The molecule has 7 heteroatoms. The van der Waals surface area contributed by atoms with Gasteiger partial charge in [-0.3, -0.25) is 14.7 Å². The van der Waals surface area contributed by atoms with Crippen molar-refractivity contribution in [3.63, 3.8) is 0 Å². The van der Waals surface area contributed by atoms with Gasteiger partial charge in [-0.25, -0.2) is 0 Å². The van der Waals surface area contributed by atoms with Crippen molar-refractivity contribution in [1.82, 2.24) is 20.4 Å². The molecule has 2 N–H and O–H groups in total. The van der Waals surface area contributed by atoms with Crippen LogP contribution < -0.4 is 10.6 Å². The van der Waals surface area contributed by atoms with Gasteiger partial charge in [0.25, 0.3) is 0 Å². The topological polar surface area (TPSA) is 60.0 Å². The van der Waals surface area contributed by atoms with Crippen LogP contribution in [-0.4, -0.2) is 73.5 Å². The molecular formula is C18H36IN5O. The van der Waals surface area contributed by atoms with Gasteiger partial charge >= 0.3 is 0 Å². The lowest BCUT2D eigenvalue weighted by molar-refractivity contribution is -0.128. The maximum absolute atomic E-state index is 11.9. The fourth-order valence-electron chi connectivity index (χ4n) is 3.36. The molecule has 25 heavy (non-hydrogen) atoms. The molecule has 2 heterocycles. The standard InChI is InChI=1S/C18H35N5O.HI/c1-5-19-17(21-10-9-20-16(24)18(2,3)4)23-13-8-15(14-23)22-11-6-7-12-22;/h15H,5-14H2,1-4H3,(H,19,21)(H,20,24);1H. The Bertz CT molecular complexity index is 443. The molecule has 0 aromatic heterocycles. The van der Waals surface area contributed by atoms with Gasteiger partial charge in [0, 0.05) is 37.6 Å². The fraction of sp³-hybridized carbons (Fsp3) is 0.889. The lowest BCUT2D eigenvalue weighted by Crippen LogP contribution is -2.43. The summed E-state index contributed by atoms with van der Waals surface area (Å²) < 4.78 is 0. The fourth-order valence-corrected chi connectivity index (χ4v) is 3.36. The first-order valence-corrected chi connectivity index (χ1v) is 9.47. The smallest absolute Gasteiger partial charge is 0.225 e. The van der Waals surface area contributed by atoms with Crippen molar-refractivity contribution in [3.05, 3.63) is 0 Å². The molecule has 0 bridgehead atoms. The van der Waals surface area contributed by atoms with Crippen LogP contribution in [0.1, 0.15) is 47.0 Å². The van der Waals surface area contributed by atoms with Crippen LogP contribution in [-0.2, 0) is 4.79 Å². The summed E-state index contributed by atoms with van der Waals surface area (Å²) in [4.78, 5) is 21.6. The first-order valence-electron chi connectivity index (χ1n) is 9.47. The monoisotopic (exact) mass is 465 g/mol. The van der Waals surface area contributed by atoms with E-state index in [9.17, 15) is 4.79 Å². The second-order valence-electron chi connectivity index (χ2n) is 7.87. The number of amides is 1. The van der Waals surface area contributed by atoms with Crippen molar-refractivity contribution in [3.8, 4) is 0 Å². The minimum Gasteiger partial charge on any atom is -0.357 e. The maximum Gasteiger partial charge on any atom is 0.225 e. The summed E-state index contributed by atoms with van der Waals surface area (Å²) in [6.45, 7) is 14.6. The third-order valence-corrected chi connectivity index (χ3v) is 4.79. The molecule has 146 valence electrons. The Labute approximate surface area is 170 Å². The average molecular weight is 465 g/mol. The molecule has 0 aromatic carbocycles. The van der Waals surface area contributed by atoms with Crippen molar-refractivity contribution < 1.29 is 4.79 Å². The van der Waals surface area contributed by atoms with E-state index in [0.29, 0.717) is 19.1 Å². The van der Waals surface area contributed by atoms with Gasteiger partial charge in [0.05, 0.1) is 6.54 Å². The quantitative estimate of drug-likeness (QED) is 0.282. The Balaban J connectivity index is 0.00000312. The third kappa shape index (κ3) is 6.92. The zero-order valence-corrected chi connectivity index (χ0v) is 18.6. The second-order valence-corrected chi connectivity index (χ2v) is 7.87. The Hall–Kier alpha value is -0.570. The zero-order chi connectivity index (χ0) is 17.6. The number of carbonyl (C=O) groups is 1. The maximum atomic E-state index is 11.9. The molecule has 6 nitrogen and oxygen atoms in total. The van der Waals surface area contributed by atoms with E-state index in [1.54, 1.807) is 0 Å². The molecule has 2 saturated heterocycles. The number of carbonyl (C=O) groups excluding carboxylic acids is 1. The molecule has 2 fully saturated rings. The van der Waals surface area contributed by atoms with Crippen LogP contribution in [0.15, 0.2) is 4.99 Å². The number of halogens is 1. The van der Waals surface area contributed by atoms with E-state index in [1.807, 2.05) is 20.8 Å². The van der Waals surface area contributed by atoms with E-state index < -0.39 is 0 Å². The van der Waals surface area contributed by atoms with E-state index in [-0.39, 0.29) is 35.3 Å². The molecule has 1 amide bonds. The molecule has 0 aromatic rings. The number of rotatable bonds is 5. The van der Waals surface area contributed by atoms with Gasteiger partial charge in [0.15, 0.2) is 5.96 Å². The number of hydrogen-bond acceptors (Lipinski definition) is 3. The minimum atomic E-state index is -0.341. The van der Waals surface area contributed by atoms with E-state index >= 15 is 0 Å². The lowest BCUT2D eigenvalue weighted by atomic mass is 9.96. The Morgan fingerprint density at radius 3 is 2.44 bits per heavy atom. The summed E-state index contributed by atoms with van der Waals surface area (Å²) in [5.74, 6) is 1.07. The molecule has 0 aliphatic carbocycles. The van der Waals surface area contributed by atoms with E-state index in [0.717, 1.165) is 25.6 Å². The average Bonchev–Trinajstić information content (AvgIpc) is 3.19. The molecular weight excluding hydrogens is 429 g/mol. The SMILES string of the molecule is CCNC(=NCCNC(=O)C(C)(C)C)N1CCC(N2CCCC2)C1.I. The molecule has 2 aliphatic rings. The summed E-state index contributed by atoms with van der Waals surface area (Å²) in [6.07, 6.45) is 3.92. The Kier molecular flexibility index (Phi) is 9.48. The second kappa shape index (κ2) is 10.5. The highest BCUT2D eigenvalue weighted by Crippen LogP contribution is 2.20. The summed E-state index contributed by atoms with van der Waals surface area (Å²) in [7, 11) is 0. The number of likely N-dealkylation sites (tertiary alicyclic amines) is 2. The first-order chi connectivity index (χ1) is 11.4. The predicted octanol–water partition coefficient (Wildman–Crippen LogP) is 1.90. The summed E-state index contributed by atoms with van der Waals surface area (Å²) in [5, 5.41) is 6.36. The zero-order valence-electron chi connectivity index (χ0n) is 16.3. The van der Waals surface area contributed by atoms with Gasteiger partial charge < -0.3 is 15.5 Å². The number of nitrogens with zero attached hydrogens (tertiary/aromatic N) is 3. The van der Waals surface area contributed by atoms with Crippen LogP contribution in [0.3, 0.4) is 0 Å². The van der Waals surface area contributed by atoms with Crippen LogP contribution in [0, 0.1) is 5.41 Å². The van der Waals surface area contributed by atoms with Crippen molar-refractivity contribution in [2.24, 2.45) is 10.4 Å². The van der Waals surface area contributed by atoms with E-state index in [2.05, 4.69) is 27.4 Å². The highest BCUT2D eigenvalue weighted by Gasteiger charge is 2.30. The van der Waals surface area contributed by atoms with Crippen molar-refractivity contribution in [1.29, 1.82) is 0 Å². The summed E-state index contributed by atoms with van der Waals surface area (Å²) >= 11 is 0. The van der Waals surface area contributed by atoms with Crippen molar-refractivity contribution in [2.45, 2.75) is 53.0 Å². The Morgan fingerprint density at radius 2 is 1.84 bits per heavy atom. The van der Waals surface area contributed by atoms with Gasteiger partial charge in [-0.1, -0.05) is 20.8 Å². The molecule has 0 radical (unpaired) electrons. The normalized spacial score (nSPS) is 22.0. The van der Waals surface area contributed by atoms with Crippen LogP contribution in [0.4, 0.5) is 0 Å². The van der Waals surface area contributed by atoms with Gasteiger partial charge in [0.2, 0.25) is 5.91 Å². The predicted molar refractivity (Wildman–Crippen MR) is 115 cm³/mol. The van der Waals surface area contributed by atoms with Crippen molar-refractivity contribution >= 4 is 35.8 Å². The number of nitrogens with one attached hydrogen (secondary N) is 2. The van der Waals surface area contributed by atoms with E-state index in [4.69, 9.17) is 4.99 Å². The molecule has 2 rings (SSSR count).